The minimum absolute atomic E-state index is 0.0324. The lowest BCUT2D eigenvalue weighted by atomic mass is 9.96. The largest absolute Gasteiger partial charge is 0.466 e. The van der Waals surface area contributed by atoms with Gasteiger partial charge in [0.25, 0.3) is 0 Å². The van der Waals surface area contributed by atoms with E-state index in [-0.39, 0.29) is 37.9 Å². The first-order chi connectivity index (χ1) is 18.4. The molecule has 9 heteroatoms. The van der Waals surface area contributed by atoms with Crippen molar-refractivity contribution in [2.45, 2.75) is 105 Å². The van der Waals surface area contributed by atoms with E-state index >= 15 is 0 Å². The van der Waals surface area contributed by atoms with Gasteiger partial charge in [0.1, 0.15) is 18.2 Å². The van der Waals surface area contributed by atoms with Gasteiger partial charge in [-0.05, 0) is 59.1 Å². The molecule has 220 valence electrons. The maximum Gasteiger partial charge on any atom is 0.408 e. The minimum Gasteiger partial charge on any atom is -0.466 e. The summed E-state index contributed by atoms with van der Waals surface area (Å²) in [4.78, 5) is 52.8. The zero-order valence-corrected chi connectivity index (χ0v) is 25.0. The van der Waals surface area contributed by atoms with Crippen LogP contribution in [-0.4, -0.2) is 60.6 Å². The van der Waals surface area contributed by atoms with Crippen molar-refractivity contribution >= 4 is 23.9 Å². The van der Waals surface area contributed by atoms with Crippen molar-refractivity contribution in [3.8, 4) is 0 Å². The molecule has 1 aromatic carbocycles. The van der Waals surface area contributed by atoms with Crippen LogP contribution in [0.5, 0.6) is 0 Å². The Morgan fingerprint density at radius 1 is 0.949 bits per heavy atom. The van der Waals surface area contributed by atoms with Gasteiger partial charge >= 0.3 is 12.1 Å². The van der Waals surface area contributed by atoms with E-state index in [0.29, 0.717) is 12.1 Å². The molecule has 0 aliphatic heterocycles. The molecule has 0 aliphatic carbocycles. The van der Waals surface area contributed by atoms with Crippen LogP contribution in [0.25, 0.3) is 0 Å². The molecule has 0 saturated carbocycles. The molecule has 2 N–H and O–H groups in total. The molecule has 1 atom stereocenters. The second-order valence-corrected chi connectivity index (χ2v) is 10.8. The Hall–Kier alpha value is -3.10. The normalized spacial score (nSPS) is 11.9. The number of carbonyl (C=O) groups is 4. The molecule has 1 rings (SSSR count). The van der Waals surface area contributed by atoms with Gasteiger partial charge in [-0.3, -0.25) is 14.4 Å². The summed E-state index contributed by atoms with van der Waals surface area (Å²) in [5, 5.41) is 5.36. The van der Waals surface area contributed by atoms with Gasteiger partial charge in [-0.25, -0.2) is 4.79 Å². The SMILES string of the molecule is CCCCCCCCN(C(=O)CNC(=O)OC(C)(C)C)C(C(=O)NCCC(=O)OCC)c1cc(C)ccc1C. The van der Waals surface area contributed by atoms with Crippen LogP contribution < -0.4 is 10.6 Å². The van der Waals surface area contributed by atoms with E-state index in [1.807, 2.05) is 32.0 Å². The van der Waals surface area contributed by atoms with Gasteiger partial charge in [0.2, 0.25) is 11.8 Å². The number of aryl methyl sites for hydroxylation is 2. The van der Waals surface area contributed by atoms with E-state index in [1.54, 1.807) is 32.6 Å². The van der Waals surface area contributed by atoms with Gasteiger partial charge in [0.05, 0.1) is 13.0 Å². The van der Waals surface area contributed by atoms with Crippen molar-refractivity contribution in [2.24, 2.45) is 0 Å². The third-order valence-corrected chi connectivity index (χ3v) is 6.08. The lowest BCUT2D eigenvalue weighted by Gasteiger charge is -2.33. The summed E-state index contributed by atoms with van der Waals surface area (Å²) < 4.78 is 10.2. The van der Waals surface area contributed by atoms with Crippen LogP contribution >= 0.6 is 0 Å². The Labute approximate surface area is 234 Å². The second kappa shape index (κ2) is 17.5. The number of ether oxygens (including phenoxy) is 2. The predicted molar refractivity (Wildman–Crippen MR) is 152 cm³/mol. The molecule has 0 aromatic heterocycles. The quantitative estimate of drug-likeness (QED) is 0.219. The van der Waals surface area contributed by atoms with Gasteiger partial charge in [0.15, 0.2) is 0 Å². The minimum atomic E-state index is -0.921. The fraction of sp³-hybridized carbons (Fsp3) is 0.667. The molecule has 0 heterocycles. The van der Waals surface area contributed by atoms with Gasteiger partial charge in [-0.2, -0.15) is 0 Å². The Kier molecular flexibility index (Phi) is 15.2. The highest BCUT2D eigenvalue weighted by atomic mass is 16.6. The maximum absolute atomic E-state index is 13.6. The van der Waals surface area contributed by atoms with Gasteiger partial charge in [-0.1, -0.05) is 62.8 Å². The lowest BCUT2D eigenvalue weighted by molar-refractivity contribution is -0.143. The van der Waals surface area contributed by atoms with Crippen LogP contribution in [0, 0.1) is 13.8 Å². The number of nitrogens with one attached hydrogen (secondary N) is 2. The highest BCUT2D eigenvalue weighted by molar-refractivity contribution is 5.91. The molecule has 0 bridgehead atoms. The summed E-state index contributed by atoms with van der Waals surface area (Å²) in [6.07, 6.45) is 5.46. The molecule has 0 fully saturated rings. The number of hydrogen-bond donors (Lipinski definition) is 2. The van der Waals surface area contributed by atoms with Gasteiger partial charge in [0, 0.05) is 13.1 Å². The first kappa shape index (κ1) is 33.9. The number of esters is 1. The molecule has 0 radical (unpaired) electrons. The van der Waals surface area contributed by atoms with Crippen LogP contribution in [0.15, 0.2) is 18.2 Å². The van der Waals surface area contributed by atoms with Crippen molar-refractivity contribution in [3.05, 3.63) is 34.9 Å². The Morgan fingerprint density at radius 2 is 1.62 bits per heavy atom. The molecule has 0 aliphatic rings. The number of benzene rings is 1. The Morgan fingerprint density at radius 3 is 2.26 bits per heavy atom. The van der Waals surface area contributed by atoms with Gasteiger partial charge in [-0.15, -0.1) is 0 Å². The number of unbranched alkanes of at least 4 members (excludes halogenated alkanes) is 5. The first-order valence-corrected chi connectivity index (χ1v) is 14.2. The number of hydrogen-bond acceptors (Lipinski definition) is 6. The average molecular weight is 548 g/mol. The van der Waals surface area contributed by atoms with Crippen molar-refractivity contribution in [1.82, 2.24) is 15.5 Å². The first-order valence-electron chi connectivity index (χ1n) is 14.2. The summed E-state index contributed by atoms with van der Waals surface area (Å²) >= 11 is 0. The second-order valence-electron chi connectivity index (χ2n) is 10.8. The van der Waals surface area contributed by atoms with Crippen LogP contribution in [-0.2, 0) is 23.9 Å². The molecule has 3 amide bonds. The smallest absolute Gasteiger partial charge is 0.408 e. The average Bonchev–Trinajstić information content (AvgIpc) is 2.84. The van der Waals surface area contributed by atoms with Crippen molar-refractivity contribution < 1.29 is 28.7 Å². The summed E-state index contributed by atoms with van der Waals surface area (Å²) in [7, 11) is 0. The number of rotatable bonds is 16. The fourth-order valence-corrected chi connectivity index (χ4v) is 4.15. The van der Waals surface area contributed by atoms with Crippen LogP contribution in [0.3, 0.4) is 0 Å². The van der Waals surface area contributed by atoms with Crippen LogP contribution in [0.2, 0.25) is 0 Å². The van der Waals surface area contributed by atoms with Crippen LogP contribution in [0.4, 0.5) is 4.79 Å². The molecule has 0 spiro atoms. The predicted octanol–water partition coefficient (Wildman–Crippen LogP) is 5.13. The van der Waals surface area contributed by atoms with Crippen LogP contribution in [0.1, 0.15) is 102 Å². The van der Waals surface area contributed by atoms with Gasteiger partial charge < -0.3 is 25.0 Å². The maximum atomic E-state index is 13.6. The number of amides is 3. The third kappa shape index (κ3) is 13.5. The molecule has 0 saturated heterocycles. The van der Waals surface area contributed by atoms with Crippen molar-refractivity contribution in [3.63, 3.8) is 0 Å². The zero-order chi connectivity index (χ0) is 29.4. The highest BCUT2D eigenvalue weighted by Crippen LogP contribution is 2.27. The third-order valence-electron chi connectivity index (χ3n) is 6.08. The van der Waals surface area contributed by atoms with Crippen molar-refractivity contribution in [2.75, 3.05) is 26.2 Å². The number of alkyl carbamates (subject to hydrolysis) is 1. The Balaban J connectivity index is 3.22. The van der Waals surface area contributed by atoms with E-state index in [4.69, 9.17) is 9.47 Å². The van der Waals surface area contributed by atoms with E-state index in [2.05, 4.69) is 17.6 Å². The monoisotopic (exact) mass is 547 g/mol. The molecule has 39 heavy (non-hydrogen) atoms. The van der Waals surface area contributed by atoms with E-state index in [1.165, 1.54) is 0 Å². The van der Waals surface area contributed by atoms with Crippen molar-refractivity contribution in [1.29, 1.82) is 0 Å². The molecular formula is C30H49N3O6. The number of carbonyl (C=O) groups excluding carboxylic acids is 4. The summed E-state index contributed by atoms with van der Waals surface area (Å²) in [5.41, 5.74) is 1.83. The van der Waals surface area contributed by atoms with E-state index in [9.17, 15) is 19.2 Å². The summed E-state index contributed by atoms with van der Waals surface area (Å²) in [6, 6.07) is 4.87. The lowest BCUT2D eigenvalue weighted by Crippen LogP contribution is -2.48. The van der Waals surface area contributed by atoms with E-state index < -0.39 is 23.7 Å². The number of nitrogens with zero attached hydrogens (tertiary/aromatic N) is 1. The topological polar surface area (TPSA) is 114 Å². The molecule has 1 unspecified atom stereocenters. The Bertz CT molecular complexity index is 941. The highest BCUT2D eigenvalue weighted by Gasteiger charge is 2.32. The summed E-state index contributed by atoms with van der Waals surface area (Å²) in [5.74, 6) is -1.17. The zero-order valence-electron chi connectivity index (χ0n) is 25.0. The molecular weight excluding hydrogens is 498 g/mol. The standard InChI is InChI=1S/C30H49N3O6/c1-8-10-11-12-13-14-19-33(25(34)21-32-29(37)39-30(5,6)7)27(24-20-22(3)15-16-23(24)4)28(36)31-18-17-26(35)38-9-2/h15-16,20,27H,8-14,17-19,21H2,1-7H3,(H,31,36)(H,32,37). The summed E-state index contributed by atoms with van der Waals surface area (Å²) in [6.45, 7) is 13.4. The molecule has 1 aromatic rings. The molecule has 9 nitrogen and oxygen atoms in total. The van der Waals surface area contributed by atoms with E-state index in [0.717, 1.165) is 49.7 Å². The fourth-order valence-electron chi connectivity index (χ4n) is 4.15.